The van der Waals surface area contributed by atoms with Gasteiger partial charge in [0.05, 0.1) is 6.04 Å². The number of aromatic amines is 1. The number of nitrogens with zero attached hydrogens (tertiary/aromatic N) is 3. The molecule has 0 aliphatic heterocycles. The van der Waals surface area contributed by atoms with Gasteiger partial charge in [0, 0.05) is 29.9 Å². The largest absolute Gasteiger partial charge is 0.346 e. The van der Waals surface area contributed by atoms with Crippen molar-refractivity contribution >= 4 is 23.0 Å². The van der Waals surface area contributed by atoms with Crippen molar-refractivity contribution in [3.05, 3.63) is 71.6 Å². The number of hydrogen-bond acceptors (Lipinski definition) is 4. The van der Waals surface area contributed by atoms with Crippen molar-refractivity contribution in [1.29, 1.82) is 5.26 Å². The van der Waals surface area contributed by atoms with Crippen LogP contribution < -0.4 is 5.32 Å². The molecule has 0 aliphatic rings. The van der Waals surface area contributed by atoms with E-state index in [0.717, 1.165) is 22.2 Å². The lowest BCUT2D eigenvalue weighted by Gasteiger charge is -2.22. The van der Waals surface area contributed by atoms with Gasteiger partial charge in [0.2, 0.25) is 0 Å². The molecule has 2 heterocycles. The molecule has 0 fully saturated rings. The van der Waals surface area contributed by atoms with E-state index in [2.05, 4.69) is 15.3 Å². The van der Waals surface area contributed by atoms with Crippen LogP contribution in [0.5, 0.6) is 0 Å². The molecule has 0 aliphatic carbocycles. The van der Waals surface area contributed by atoms with Crippen LogP contribution in [0.2, 0.25) is 0 Å². The van der Waals surface area contributed by atoms with E-state index >= 15 is 0 Å². The average Bonchev–Trinajstić information content (AvgIpc) is 3.08. The molecule has 1 aromatic carbocycles. The highest BCUT2D eigenvalue weighted by Gasteiger charge is 2.18. The molecule has 0 radical (unpaired) electrons. The van der Waals surface area contributed by atoms with E-state index in [9.17, 15) is 10.1 Å². The van der Waals surface area contributed by atoms with Crippen molar-refractivity contribution < 1.29 is 4.79 Å². The zero-order chi connectivity index (χ0) is 19.2. The number of nitriles is 1. The normalized spacial score (nSPS) is 12.7. The Labute approximate surface area is 158 Å². The third-order valence-corrected chi connectivity index (χ3v) is 4.20. The summed E-state index contributed by atoms with van der Waals surface area (Å²) in [6.07, 6.45) is 5.03. The Morgan fingerprint density at radius 2 is 2.07 bits per heavy atom. The monoisotopic (exact) mass is 359 g/mol. The highest BCUT2D eigenvalue weighted by atomic mass is 16.1. The van der Waals surface area contributed by atoms with E-state index < -0.39 is 5.91 Å². The zero-order valence-corrected chi connectivity index (χ0v) is 15.3. The molecule has 1 unspecified atom stereocenters. The fourth-order valence-electron chi connectivity index (χ4n) is 2.92. The van der Waals surface area contributed by atoms with Crippen LogP contribution in [-0.4, -0.2) is 41.4 Å². The first-order valence-corrected chi connectivity index (χ1v) is 8.63. The molecule has 1 atom stereocenters. The third-order valence-electron chi connectivity index (χ3n) is 4.20. The molecule has 3 aromatic rings. The number of benzene rings is 1. The van der Waals surface area contributed by atoms with Gasteiger partial charge in [-0.25, -0.2) is 4.98 Å². The van der Waals surface area contributed by atoms with Gasteiger partial charge in [-0.2, -0.15) is 5.26 Å². The maximum atomic E-state index is 12.8. The van der Waals surface area contributed by atoms with E-state index in [-0.39, 0.29) is 11.6 Å². The smallest absolute Gasteiger partial charge is 0.262 e. The summed E-state index contributed by atoms with van der Waals surface area (Å²) in [6, 6.07) is 15.3. The summed E-state index contributed by atoms with van der Waals surface area (Å²) in [6.45, 7) is 0.630. The minimum Gasteiger partial charge on any atom is -0.346 e. The first-order chi connectivity index (χ1) is 13.1. The number of fused-ring (bicyclic) bond motifs is 1. The summed E-state index contributed by atoms with van der Waals surface area (Å²) in [5.74, 6) is -0.397. The Morgan fingerprint density at radius 3 is 2.78 bits per heavy atom. The number of aromatic nitrogens is 2. The molecule has 0 spiro atoms. The number of nitrogens with one attached hydrogen (secondary N) is 2. The minimum atomic E-state index is -0.397. The van der Waals surface area contributed by atoms with Gasteiger partial charge in [-0.1, -0.05) is 30.3 Å². The number of carbonyl (C=O) groups is 1. The lowest BCUT2D eigenvalue weighted by molar-refractivity contribution is -0.117. The number of H-pyrrole nitrogens is 1. The van der Waals surface area contributed by atoms with Crippen LogP contribution in [0.4, 0.5) is 0 Å². The Bertz CT molecular complexity index is 998. The van der Waals surface area contributed by atoms with Crippen LogP contribution in [0.25, 0.3) is 17.1 Å². The van der Waals surface area contributed by atoms with Gasteiger partial charge in [0.25, 0.3) is 5.91 Å². The quantitative estimate of drug-likeness (QED) is 0.523. The summed E-state index contributed by atoms with van der Waals surface area (Å²) in [4.78, 5) is 22.0. The molecule has 2 N–H and O–H groups in total. The van der Waals surface area contributed by atoms with Gasteiger partial charge in [-0.3, -0.25) is 4.79 Å². The van der Waals surface area contributed by atoms with Crippen LogP contribution in [0.15, 0.2) is 60.4 Å². The number of carbonyl (C=O) groups excluding carboxylic acids is 1. The highest BCUT2D eigenvalue weighted by Crippen LogP contribution is 2.19. The number of likely N-dealkylation sites (N-methyl/N-ethyl adjacent to an activating group) is 1. The number of hydrogen-bond donors (Lipinski definition) is 2. The van der Waals surface area contributed by atoms with Crippen molar-refractivity contribution in [2.75, 3.05) is 20.6 Å². The van der Waals surface area contributed by atoms with Crippen LogP contribution in [0, 0.1) is 11.3 Å². The van der Waals surface area contributed by atoms with Gasteiger partial charge in [-0.15, -0.1) is 0 Å². The second-order valence-electron chi connectivity index (χ2n) is 6.51. The maximum Gasteiger partial charge on any atom is 0.262 e. The summed E-state index contributed by atoms with van der Waals surface area (Å²) >= 11 is 0. The van der Waals surface area contributed by atoms with Crippen molar-refractivity contribution in [3.63, 3.8) is 0 Å². The second-order valence-corrected chi connectivity index (χ2v) is 6.51. The predicted octanol–water partition coefficient (Wildman–Crippen LogP) is 2.89. The molecular formula is C21H21N5O. The number of pyridine rings is 1. The summed E-state index contributed by atoms with van der Waals surface area (Å²) in [5.41, 5.74) is 2.53. The summed E-state index contributed by atoms with van der Waals surface area (Å²) < 4.78 is 0. The minimum absolute atomic E-state index is 0.0550. The van der Waals surface area contributed by atoms with Gasteiger partial charge >= 0.3 is 0 Å². The molecular weight excluding hydrogens is 338 g/mol. The van der Waals surface area contributed by atoms with E-state index in [1.54, 1.807) is 18.5 Å². The fourth-order valence-corrected chi connectivity index (χ4v) is 2.92. The number of amides is 1. The Kier molecular flexibility index (Phi) is 5.64. The van der Waals surface area contributed by atoms with Crippen LogP contribution in [-0.2, 0) is 4.79 Å². The average molecular weight is 359 g/mol. The van der Waals surface area contributed by atoms with Gasteiger partial charge in [0.15, 0.2) is 0 Å². The summed E-state index contributed by atoms with van der Waals surface area (Å²) in [7, 11) is 3.89. The highest BCUT2D eigenvalue weighted by molar-refractivity contribution is 6.03. The van der Waals surface area contributed by atoms with Gasteiger partial charge < -0.3 is 15.2 Å². The molecule has 6 heteroatoms. The van der Waals surface area contributed by atoms with Crippen molar-refractivity contribution in [3.8, 4) is 6.07 Å². The molecule has 136 valence electrons. The summed E-state index contributed by atoms with van der Waals surface area (Å²) in [5, 5.41) is 13.4. The first-order valence-electron chi connectivity index (χ1n) is 8.63. The van der Waals surface area contributed by atoms with Gasteiger partial charge in [0.1, 0.15) is 17.3 Å². The van der Waals surface area contributed by atoms with Gasteiger partial charge in [-0.05, 0) is 37.9 Å². The molecule has 27 heavy (non-hydrogen) atoms. The van der Waals surface area contributed by atoms with E-state index in [0.29, 0.717) is 6.54 Å². The lowest BCUT2D eigenvalue weighted by Crippen LogP contribution is -2.35. The topological polar surface area (TPSA) is 84.8 Å². The van der Waals surface area contributed by atoms with Crippen LogP contribution in [0.1, 0.15) is 17.2 Å². The molecule has 6 nitrogen and oxygen atoms in total. The third kappa shape index (κ3) is 4.40. The van der Waals surface area contributed by atoms with Crippen molar-refractivity contribution in [2.45, 2.75) is 6.04 Å². The zero-order valence-electron chi connectivity index (χ0n) is 15.3. The van der Waals surface area contributed by atoms with Crippen molar-refractivity contribution in [1.82, 2.24) is 20.2 Å². The number of rotatable bonds is 6. The second kappa shape index (κ2) is 8.30. The molecule has 0 saturated carbocycles. The molecule has 0 saturated heterocycles. The van der Waals surface area contributed by atoms with Crippen LogP contribution in [0.3, 0.4) is 0 Å². The molecule has 2 aromatic heterocycles. The molecule has 0 bridgehead atoms. The van der Waals surface area contributed by atoms with Crippen LogP contribution >= 0.6 is 0 Å². The first kappa shape index (κ1) is 18.4. The Hall–Kier alpha value is -3.43. The van der Waals surface area contributed by atoms with E-state index in [4.69, 9.17) is 0 Å². The lowest BCUT2D eigenvalue weighted by atomic mass is 10.1. The SMILES string of the molecule is CN(C)CC(NC(=O)/C(C#N)=C/c1c[nH]c2ncccc12)c1ccccc1. The fraction of sp³-hybridized carbons (Fsp3) is 0.190. The molecule has 3 rings (SSSR count). The van der Waals surface area contributed by atoms with E-state index in [1.165, 1.54) is 0 Å². The Balaban J connectivity index is 1.86. The maximum absolute atomic E-state index is 12.8. The standard InChI is InChI=1S/C21H21N5O/c1-26(2)14-19(15-7-4-3-5-8-15)25-21(27)16(12-22)11-17-13-24-20-18(17)9-6-10-23-20/h3-11,13,19H,14H2,1-2H3,(H,23,24)(H,25,27)/b16-11+. The predicted molar refractivity (Wildman–Crippen MR) is 106 cm³/mol. The molecule has 1 amide bonds. The Morgan fingerprint density at radius 1 is 1.30 bits per heavy atom. The van der Waals surface area contributed by atoms with E-state index in [1.807, 2.05) is 67.5 Å². The van der Waals surface area contributed by atoms with Crippen molar-refractivity contribution in [2.24, 2.45) is 0 Å².